The Hall–Kier alpha value is -0.150. The van der Waals surface area contributed by atoms with Crippen LogP contribution in [0.2, 0.25) is 0 Å². The van der Waals surface area contributed by atoms with Crippen LogP contribution in [0.3, 0.4) is 0 Å². The molecule has 0 radical (unpaired) electrons. The van der Waals surface area contributed by atoms with Gasteiger partial charge in [-0.1, -0.05) is 20.8 Å². The average molecular weight is 174 g/mol. The lowest BCUT2D eigenvalue weighted by Gasteiger charge is -2.25. The normalized spacial score (nSPS) is 26.5. The van der Waals surface area contributed by atoms with Gasteiger partial charge >= 0.3 is 0 Å². The van der Waals surface area contributed by atoms with Gasteiger partial charge in [-0.25, -0.2) is 9.40 Å². The zero-order chi connectivity index (χ0) is 9.19. The number of nitrogens with zero attached hydrogens (tertiary/aromatic N) is 1. The number of rotatable bonds is 2. The molecular weight excluding hydrogens is 155 g/mol. The smallest absolute Gasteiger partial charge is 0.103 e. The highest BCUT2D eigenvalue weighted by atomic mass is 19.1. The predicted molar refractivity (Wildman–Crippen MR) is 48.5 cm³/mol. The summed E-state index contributed by atoms with van der Waals surface area (Å²) >= 11 is 0. The van der Waals surface area contributed by atoms with Gasteiger partial charge in [0.1, 0.15) is 6.67 Å². The molecule has 0 aromatic carbocycles. The molecule has 1 fully saturated rings. The van der Waals surface area contributed by atoms with Crippen molar-refractivity contribution in [1.29, 1.82) is 0 Å². The molecule has 0 amide bonds. The van der Waals surface area contributed by atoms with Gasteiger partial charge < -0.3 is 0 Å². The van der Waals surface area contributed by atoms with Gasteiger partial charge in [0.05, 0.1) is 0 Å². The lowest BCUT2D eigenvalue weighted by molar-refractivity contribution is 0.202. The van der Waals surface area contributed by atoms with Gasteiger partial charge in [0.15, 0.2) is 0 Å². The molecule has 1 saturated heterocycles. The first-order chi connectivity index (χ1) is 5.54. The van der Waals surface area contributed by atoms with E-state index in [0.717, 1.165) is 13.1 Å². The molecule has 1 aliphatic rings. The Morgan fingerprint density at radius 2 is 2.17 bits per heavy atom. The van der Waals surface area contributed by atoms with Gasteiger partial charge in [0.25, 0.3) is 0 Å². The SMILES string of the molecule is CC(C)(C)C1CNN(CCF)C1. The van der Waals surface area contributed by atoms with Crippen LogP contribution in [0.15, 0.2) is 0 Å². The summed E-state index contributed by atoms with van der Waals surface area (Å²) < 4.78 is 12.0. The van der Waals surface area contributed by atoms with Gasteiger partial charge in [-0.2, -0.15) is 0 Å². The van der Waals surface area contributed by atoms with E-state index in [1.807, 2.05) is 5.01 Å². The number of hydrazine groups is 1. The zero-order valence-corrected chi connectivity index (χ0v) is 8.23. The lowest BCUT2D eigenvalue weighted by Crippen LogP contribution is -2.32. The molecule has 0 saturated carbocycles. The molecule has 0 aromatic heterocycles. The molecule has 2 nitrogen and oxygen atoms in total. The maximum absolute atomic E-state index is 12.0. The van der Waals surface area contributed by atoms with Crippen LogP contribution in [-0.2, 0) is 0 Å². The fourth-order valence-electron chi connectivity index (χ4n) is 1.49. The molecule has 0 spiro atoms. The van der Waals surface area contributed by atoms with E-state index in [2.05, 4.69) is 26.2 Å². The monoisotopic (exact) mass is 174 g/mol. The summed E-state index contributed by atoms with van der Waals surface area (Å²) in [5.74, 6) is 0.643. The minimum atomic E-state index is -0.260. The van der Waals surface area contributed by atoms with Crippen molar-refractivity contribution in [2.24, 2.45) is 11.3 Å². The second kappa shape index (κ2) is 3.71. The molecule has 1 N–H and O–H groups in total. The highest BCUT2D eigenvalue weighted by Gasteiger charge is 2.31. The molecule has 1 aliphatic heterocycles. The van der Waals surface area contributed by atoms with Crippen molar-refractivity contribution in [3.63, 3.8) is 0 Å². The third-order valence-corrected chi connectivity index (χ3v) is 2.58. The number of halogens is 1. The maximum Gasteiger partial charge on any atom is 0.103 e. The summed E-state index contributed by atoms with van der Waals surface area (Å²) in [5.41, 5.74) is 3.54. The van der Waals surface area contributed by atoms with Gasteiger partial charge in [0.2, 0.25) is 0 Å². The Balaban J connectivity index is 2.35. The van der Waals surface area contributed by atoms with Crippen molar-refractivity contribution < 1.29 is 4.39 Å². The molecule has 12 heavy (non-hydrogen) atoms. The van der Waals surface area contributed by atoms with Crippen molar-refractivity contribution in [1.82, 2.24) is 10.4 Å². The van der Waals surface area contributed by atoms with Crippen LogP contribution in [0.25, 0.3) is 0 Å². The molecule has 3 heteroatoms. The number of hydrogen-bond donors (Lipinski definition) is 1. The van der Waals surface area contributed by atoms with Crippen LogP contribution >= 0.6 is 0 Å². The number of hydrogen-bond acceptors (Lipinski definition) is 2. The third-order valence-electron chi connectivity index (χ3n) is 2.58. The Morgan fingerprint density at radius 3 is 2.58 bits per heavy atom. The fraction of sp³-hybridized carbons (Fsp3) is 1.00. The molecule has 0 aromatic rings. The largest absolute Gasteiger partial charge is 0.255 e. The summed E-state index contributed by atoms with van der Waals surface area (Å²) in [4.78, 5) is 0. The van der Waals surface area contributed by atoms with Crippen molar-refractivity contribution in [2.75, 3.05) is 26.3 Å². The highest BCUT2D eigenvalue weighted by Crippen LogP contribution is 2.28. The lowest BCUT2D eigenvalue weighted by atomic mass is 9.81. The minimum absolute atomic E-state index is 0.260. The molecule has 72 valence electrons. The second-order valence-corrected chi connectivity index (χ2v) is 4.56. The Labute approximate surface area is 74.1 Å². The maximum atomic E-state index is 12.0. The molecule has 1 heterocycles. The molecule has 1 atom stereocenters. The first kappa shape index (κ1) is 9.93. The van der Waals surface area contributed by atoms with Crippen LogP contribution in [0.5, 0.6) is 0 Å². The van der Waals surface area contributed by atoms with Gasteiger partial charge in [-0.05, 0) is 11.3 Å². The molecule has 0 aliphatic carbocycles. The summed E-state index contributed by atoms with van der Waals surface area (Å²) in [6.07, 6.45) is 0. The first-order valence-electron chi connectivity index (χ1n) is 4.58. The Bertz CT molecular complexity index is 142. The van der Waals surface area contributed by atoms with E-state index >= 15 is 0 Å². The van der Waals surface area contributed by atoms with Crippen LogP contribution in [0, 0.1) is 11.3 Å². The van der Waals surface area contributed by atoms with E-state index in [1.54, 1.807) is 0 Å². The molecule has 1 rings (SSSR count). The minimum Gasteiger partial charge on any atom is -0.255 e. The third kappa shape index (κ3) is 2.42. The van der Waals surface area contributed by atoms with E-state index in [-0.39, 0.29) is 6.67 Å². The topological polar surface area (TPSA) is 15.3 Å². The van der Waals surface area contributed by atoms with Crippen LogP contribution in [0.4, 0.5) is 4.39 Å². The van der Waals surface area contributed by atoms with Crippen LogP contribution in [0.1, 0.15) is 20.8 Å². The van der Waals surface area contributed by atoms with Crippen molar-refractivity contribution in [3.8, 4) is 0 Å². The van der Waals surface area contributed by atoms with Crippen molar-refractivity contribution in [2.45, 2.75) is 20.8 Å². The molecule has 1 unspecified atom stereocenters. The van der Waals surface area contributed by atoms with Crippen LogP contribution in [-0.4, -0.2) is 31.3 Å². The van der Waals surface area contributed by atoms with E-state index in [1.165, 1.54) is 0 Å². The van der Waals surface area contributed by atoms with Gasteiger partial charge in [0, 0.05) is 19.6 Å². The van der Waals surface area contributed by atoms with E-state index in [9.17, 15) is 4.39 Å². The zero-order valence-electron chi connectivity index (χ0n) is 8.23. The second-order valence-electron chi connectivity index (χ2n) is 4.56. The number of nitrogens with one attached hydrogen (secondary N) is 1. The quantitative estimate of drug-likeness (QED) is 0.681. The fourth-order valence-corrected chi connectivity index (χ4v) is 1.49. The summed E-state index contributed by atoms with van der Waals surface area (Å²) in [6.45, 7) is 8.93. The van der Waals surface area contributed by atoms with E-state index in [0.29, 0.717) is 17.9 Å². The predicted octanol–water partition coefficient (Wildman–Crippen LogP) is 1.44. The molecule has 0 bridgehead atoms. The first-order valence-corrected chi connectivity index (χ1v) is 4.58. The van der Waals surface area contributed by atoms with E-state index < -0.39 is 0 Å². The number of alkyl halides is 1. The van der Waals surface area contributed by atoms with E-state index in [4.69, 9.17) is 0 Å². The summed E-state index contributed by atoms with van der Waals surface area (Å²) in [7, 11) is 0. The van der Waals surface area contributed by atoms with Crippen molar-refractivity contribution in [3.05, 3.63) is 0 Å². The Morgan fingerprint density at radius 1 is 1.50 bits per heavy atom. The summed E-state index contributed by atoms with van der Waals surface area (Å²) in [5, 5.41) is 1.98. The van der Waals surface area contributed by atoms with Crippen molar-refractivity contribution >= 4 is 0 Å². The van der Waals surface area contributed by atoms with Crippen LogP contribution < -0.4 is 5.43 Å². The average Bonchev–Trinajstić information content (AvgIpc) is 2.35. The standard InChI is InChI=1S/C9H19FN2/c1-9(2,3)8-6-11-12(7-8)5-4-10/h8,11H,4-7H2,1-3H3. The highest BCUT2D eigenvalue weighted by molar-refractivity contribution is 4.82. The molecular formula is C9H19FN2. The summed E-state index contributed by atoms with van der Waals surface area (Å²) in [6, 6.07) is 0. The van der Waals surface area contributed by atoms with Gasteiger partial charge in [-0.15, -0.1) is 0 Å². The van der Waals surface area contributed by atoms with Gasteiger partial charge in [-0.3, -0.25) is 5.43 Å². The Kier molecular flexibility index (Phi) is 3.07.